The molecule has 9 nitrogen and oxygen atoms in total. The Kier molecular flexibility index (Phi) is 3.66. The van der Waals surface area contributed by atoms with Crippen molar-refractivity contribution in [2.45, 2.75) is 18.9 Å². The van der Waals surface area contributed by atoms with Crippen molar-refractivity contribution in [3.05, 3.63) is 18.1 Å². The first-order valence-electron chi connectivity index (χ1n) is 5.53. The molecule has 0 aromatic carbocycles. The molecule has 1 unspecified atom stereocenters. The highest BCUT2D eigenvalue weighted by Gasteiger charge is 2.28. The molecule has 1 aromatic rings. The number of rotatable bonds is 3. The van der Waals surface area contributed by atoms with Crippen molar-refractivity contribution in [2.24, 2.45) is 5.84 Å². The van der Waals surface area contributed by atoms with Crippen molar-refractivity contribution in [3.63, 3.8) is 0 Å². The Balaban J connectivity index is 2.00. The van der Waals surface area contributed by atoms with Crippen LogP contribution >= 0.6 is 0 Å². The molecule has 1 saturated heterocycles. The van der Waals surface area contributed by atoms with Gasteiger partial charge in [-0.25, -0.2) is 15.8 Å². The molecule has 1 aliphatic rings. The summed E-state index contributed by atoms with van der Waals surface area (Å²) in [5.74, 6) is 4.04. The van der Waals surface area contributed by atoms with Gasteiger partial charge < -0.3 is 10.7 Å². The molecule has 3 amide bonds. The third-order valence-corrected chi connectivity index (χ3v) is 2.58. The molecular formula is C10H12N6O3. The van der Waals surface area contributed by atoms with Gasteiger partial charge in [0.25, 0.3) is 5.91 Å². The van der Waals surface area contributed by atoms with Gasteiger partial charge in [0.1, 0.15) is 11.7 Å². The number of imide groups is 1. The summed E-state index contributed by atoms with van der Waals surface area (Å²) in [5.41, 5.74) is 2.34. The lowest BCUT2D eigenvalue weighted by Crippen LogP contribution is -2.52. The lowest BCUT2D eigenvalue weighted by molar-refractivity contribution is -0.134. The fraction of sp³-hybridized carbons (Fsp3) is 0.300. The van der Waals surface area contributed by atoms with Crippen molar-refractivity contribution < 1.29 is 14.4 Å². The van der Waals surface area contributed by atoms with Crippen LogP contribution in [0.2, 0.25) is 0 Å². The minimum atomic E-state index is -0.737. The lowest BCUT2D eigenvalue weighted by atomic mass is 10.1. The second-order valence-electron chi connectivity index (χ2n) is 3.91. The number of anilines is 1. The maximum Gasteiger partial charge on any atom is 0.272 e. The fourth-order valence-electron chi connectivity index (χ4n) is 1.58. The molecule has 9 heteroatoms. The second kappa shape index (κ2) is 5.40. The molecule has 19 heavy (non-hydrogen) atoms. The van der Waals surface area contributed by atoms with Gasteiger partial charge in [-0.1, -0.05) is 0 Å². The van der Waals surface area contributed by atoms with E-state index in [1.165, 1.54) is 12.4 Å². The van der Waals surface area contributed by atoms with E-state index < -0.39 is 17.9 Å². The number of hydrogen-bond donors (Lipinski definition) is 4. The SMILES string of the molecule is NNc1cnc(C(=O)NC2CCC(=O)NC2=O)cn1. The van der Waals surface area contributed by atoms with E-state index in [4.69, 9.17) is 5.84 Å². The topological polar surface area (TPSA) is 139 Å². The predicted octanol–water partition coefficient (Wildman–Crippen LogP) is -1.70. The number of hydrogen-bond acceptors (Lipinski definition) is 7. The number of carbonyl (C=O) groups excluding carboxylic acids is 3. The van der Waals surface area contributed by atoms with Gasteiger partial charge in [0.05, 0.1) is 12.4 Å². The van der Waals surface area contributed by atoms with Gasteiger partial charge in [-0.2, -0.15) is 0 Å². The van der Waals surface area contributed by atoms with Gasteiger partial charge in [0, 0.05) is 6.42 Å². The van der Waals surface area contributed by atoms with Crippen LogP contribution in [0.5, 0.6) is 0 Å². The largest absolute Gasteiger partial charge is 0.339 e. The molecule has 1 aromatic heterocycles. The molecule has 0 bridgehead atoms. The van der Waals surface area contributed by atoms with Gasteiger partial charge in [-0.3, -0.25) is 19.7 Å². The molecule has 1 atom stereocenters. The third kappa shape index (κ3) is 3.01. The van der Waals surface area contributed by atoms with E-state index >= 15 is 0 Å². The number of nitrogens with one attached hydrogen (secondary N) is 3. The Hall–Kier alpha value is -2.55. The minimum Gasteiger partial charge on any atom is -0.339 e. The number of piperidine rings is 1. The molecule has 2 heterocycles. The van der Waals surface area contributed by atoms with Crippen molar-refractivity contribution in [2.75, 3.05) is 5.43 Å². The van der Waals surface area contributed by atoms with Crippen LogP contribution in [-0.4, -0.2) is 33.7 Å². The average Bonchev–Trinajstić information content (AvgIpc) is 2.42. The number of nitrogens with two attached hydrogens (primary N) is 1. The highest BCUT2D eigenvalue weighted by Crippen LogP contribution is 2.06. The monoisotopic (exact) mass is 264 g/mol. The van der Waals surface area contributed by atoms with E-state index in [2.05, 4.69) is 26.0 Å². The number of nitrogen functional groups attached to an aromatic ring is 1. The molecule has 1 aliphatic heterocycles. The minimum absolute atomic E-state index is 0.0590. The summed E-state index contributed by atoms with van der Waals surface area (Å²) in [5, 5.41) is 4.63. The Bertz CT molecular complexity index is 515. The van der Waals surface area contributed by atoms with E-state index in [0.29, 0.717) is 5.82 Å². The summed E-state index contributed by atoms with van der Waals surface area (Å²) in [6, 6.07) is -0.737. The van der Waals surface area contributed by atoms with Gasteiger partial charge in [0.15, 0.2) is 5.82 Å². The summed E-state index contributed by atoms with van der Waals surface area (Å²) in [4.78, 5) is 41.9. The summed E-state index contributed by atoms with van der Waals surface area (Å²) in [6.07, 6.45) is 2.99. The summed E-state index contributed by atoms with van der Waals surface area (Å²) < 4.78 is 0. The normalized spacial score (nSPS) is 18.7. The molecular weight excluding hydrogens is 252 g/mol. The Labute approximate surface area is 107 Å². The molecule has 1 fully saturated rings. The quantitative estimate of drug-likeness (QED) is 0.290. The van der Waals surface area contributed by atoms with Crippen molar-refractivity contribution in [1.29, 1.82) is 0 Å². The fourth-order valence-corrected chi connectivity index (χ4v) is 1.58. The molecule has 5 N–H and O–H groups in total. The zero-order valence-corrected chi connectivity index (χ0v) is 9.84. The number of carbonyl (C=O) groups is 3. The van der Waals surface area contributed by atoms with E-state index in [-0.39, 0.29) is 24.4 Å². The zero-order chi connectivity index (χ0) is 13.8. The van der Waals surface area contributed by atoms with E-state index in [9.17, 15) is 14.4 Å². The molecule has 0 spiro atoms. The van der Waals surface area contributed by atoms with Crippen molar-refractivity contribution in [3.8, 4) is 0 Å². The van der Waals surface area contributed by atoms with Gasteiger partial charge in [-0.05, 0) is 6.42 Å². The molecule has 0 aliphatic carbocycles. The summed E-state index contributed by atoms with van der Waals surface area (Å²) in [6.45, 7) is 0. The number of hydrazine groups is 1. The van der Waals surface area contributed by atoms with Crippen LogP contribution in [0, 0.1) is 0 Å². The molecule has 0 saturated carbocycles. The van der Waals surface area contributed by atoms with Crippen molar-refractivity contribution >= 4 is 23.5 Å². The van der Waals surface area contributed by atoms with Gasteiger partial charge in [-0.15, -0.1) is 0 Å². The van der Waals surface area contributed by atoms with E-state index in [1.807, 2.05) is 0 Å². The van der Waals surface area contributed by atoms with Crippen molar-refractivity contribution in [1.82, 2.24) is 20.6 Å². The number of amides is 3. The van der Waals surface area contributed by atoms with E-state index in [1.54, 1.807) is 0 Å². The Morgan fingerprint density at radius 2 is 2.16 bits per heavy atom. The molecule has 100 valence electrons. The zero-order valence-electron chi connectivity index (χ0n) is 9.84. The average molecular weight is 264 g/mol. The lowest BCUT2D eigenvalue weighted by Gasteiger charge is -2.21. The Morgan fingerprint density at radius 1 is 1.37 bits per heavy atom. The number of aromatic nitrogens is 2. The maximum atomic E-state index is 11.8. The van der Waals surface area contributed by atoms with Crippen LogP contribution in [0.1, 0.15) is 23.3 Å². The summed E-state index contributed by atoms with van der Waals surface area (Å²) >= 11 is 0. The standard InChI is InChI=1S/C10H12N6O3/c11-16-7-4-12-6(3-13-7)10(19)14-5-1-2-8(17)15-9(5)18/h3-5H,1-2,11H2,(H,13,16)(H,14,19)(H,15,17,18). The summed E-state index contributed by atoms with van der Waals surface area (Å²) in [7, 11) is 0. The van der Waals surface area contributed by atoms with Crippen LogP contribution in [0.4, 0.5) is 5.82 Å². The third-order valence-electron chi connectivity index (χ3n) is 2.58. The van der Waals surface area contributed by atoms with Gasteiger partial charge in [0.2, 0.25) is 11.8 Å². The van der Waals surface area contributed by atoms with Crippen LogP contribution < -0.4 is 21.9 Å². The number of nitrogens with zero attached hydrogens (tertiary/aromatic N) is 2. The van der Waals surface area contributed by atoms with E-state index in [0.717, 1.165) is 0 Å². The Morgan fingerprint density at radius 3 is 2.74 bits per heavy atom. The van der Waals surface area contributed by atoms with Crippen LogP contribution in [0.15, 0.2) is 12.4 Å². The van der Waals surface area contributed by atoms with Crippen LogP contribution in [0.25, 0.3) is 0 Å². The smallest absolute Gasteiger partial charge is 0.272 e. The highest BCUT2D eigenvalue weighted by molar-refractivity contribution is 6.03. The predicted molar refractivity (Wildman–Crippen MR) is 63.5 cm³/mol. The maximum absolute atomic E-state index is 11.8. The van der Waals surface area contributed by atoms with Crippen LogP contribution in [0.3, 0.4) is 0 Å². The highest BCUT2D eigenvalue weighted by atomic mass is 16.2. The molecule has 0 radical (unpaired) electrons. The van der Waals surface area contributed by atoms with Crippen LogP contribution in [-0.2, 0) is 9.59 Å². The first-order valence-corrected chi connectivity index (χ1v) is 5.53. The molecule has 2 rings (SSSR count). The first-order chi connectivity index (χ1) is 9.10. The second-order valence-corrected chi connectivity index (χ2v) is 3.91. The van der Waals surface area contributed by atoms with Gasteiger partial charge >= 0.3 is 0 Å². The first kappa shape index (κ1) is 12.9.